The SMILES string of the molecule is CC1(COCc2ccn(-c3ccc(C(=O)O)c(Cl)n3)n2)CC1. The third-order valence-corrected chi connectivity index (χ3v) is 4.04. The summed E-state index contributed by atoms with van der Waals surface area (Å²) < 4.78 is 7.22. The maximum Gasteiger partial charge on any atom is 0.338 e. The summed E-state index contributed by atoms with van der Waals surface area (Å²) >= 11 is 5.86. The minimum Gasteiger partial charge on any atom is -0.478 e. The predicted molar refractivity (Wildman–Crippen MR) is 80.3 cm³/mol. The fourth-order valence-corrected chi connectivity index (χ4v) is 2.27. The molecule has 0 aliphatic heterocycles. The number of hydrogen-bond donors (Lipinski definition) is 1. The smallest absolute Gasteiger partial charge is 0.338 e. The molecule has 1 saturated carbocycles. The number of carboxylic acids is 1. The van der Waals surface area contributed by atoms with Crippen molar-refractivity contribution in [2.75, 3.05) is 6.61 Å². The monoisotopic (exact) mass is 321 g/mol. The number of rotatable bonds is 6. The zero-order valence-corrected chi connectivity index (χ0v) is 12.9. The second kappa shape index (κ2) is 5.70. The number of carboxylic acid groups (broad SMARTS) is 1. The first-order chi connectivity index (χ1) is 10.5. The van der Waals surface area contributed by atoms with Crippen LogP contribution in [0.15, 0.2) is 24.4 Å². The first-order valence-electron chi connectivity index (χ1n) is 6.99. The number of ether oxygens (including phenoxy) is 1. The maximum absolute atomic E-state index is 10.9. The van der Waals surface area contributed by atoms with E-state index in [1.807, 2.05) is 6.07 Å². The van der Waals surface area contributed by atoms with Crippen molar-refractivity contribution >= 4 is 17.6 Å². The molecule has 7 heteroatoms. The van der Waals surface area contributed by atoms with E-state index in [1.54, 1.807) is 16.9 Å². The van der Waals surface area contributed by atoms with Gasteiger partial charge in [-0.25, -0.2) is 14.5 Å². The van der Waals surface area contributed by atoms with Crippen molar-refractivity contribution in [1.29, 1.82) is 0 Å². The highest BCUT2D eigenvalue weighted by atomic mass is 35.5. The zero-order chi connectivity index (χ0) is 15.7. The fraction of sp³-hybridized carbons (Fsp3) is 0.400. The molecule has 0 radical (unpaired) electrons. The molecule has 0 atom stereocenters. The van der Waals surface area contributed by atoms with Crippen LogP contribution in [0.25, 0.3) is 5.82 Å². The molecule has 0 spiro atoms. The van der Waals surface area contributed by atoms with Crippen LogP contribution in [0.1, 0.15) is 35.8 Å². The molecule has 0 bridgehead atoms. The lowest BCUT2D eigenvalue weighted by Crippen LogP contribution is -2.07. The fourth-order valence-electron chi connectivity index (χ4n) is 2.04. The number of aromatic nitrogens is 3. The Morgan fingerprint density at radius 1 is 1.45 bits per heavy atom. The van der Waals surface area contributed by atoms with Crippen molar-refractivity contribution in [3.8, 4) is 5.82 Å². The normalized spacial score (nSPS) is 15.7. The molecular weight excluding hydrogens is 306 g/mol. The van der Waals surface area contributed by atoms with E-state index in [-0.39, 0.29) is 10.7 Å². The number of pyridine rings is 1. The number of carbonyl (C=O) groups is 1. The Morgan fingerprint density at radius 2 is 2.23 bits per heavy atom. The predicted octanol–water partition coefficient (Wildman–Crippen LogP) is 2.94. The van der Waals surface area contributed by atoms with E-state index < -0.39 is 5.97 Å². The van der Waals surface area contributed by atoms with Gasteiger partial charge < -0.3 is 9.84 Å². The van der Waals surface area contributed by atoms with E-state index in [0.717, 1.165) is 12.3 Å². The van der Waals surface area contributed by atoms with Gasteiger partial charge in [-0.05, 0) is 36.5 Å². The van der Waals surface area contributed by atoms with E-state index >= 15 is 0 Å². The van der Waals surface area contributed by atoms with Gasteiger partial charge >= 0.3 is 5.97 Å². The summed E-state index contributed by atoms with van der Waals surface area (Å²) in [5, 5.41) is 13.2. The lowest BCUT2D eigenvalue weighted by Gasteiger charge is -2.07. The second-order valence-electron chi connectivity index (χ2n) is 5.87. The third-order valence-electron chi connectivity index (χ3n) is 3.75. The van der Waals surface area contributed by atoms with Gasteiger partial charge in [-0.3, -0.25) is 0 Å². The van der Waals surface area contributed by atoms with Gasteiger partial charge in [-0.15, -0.1) is 0 Å². The molecule has 1 N–H and O–H groups in total. The van der Waals surface area contributed by atoms with E-state index in [0.29, 0.717) is 17.8 Å². The highest BCUT2D eigenvalue weighted by Gasteiger charge is 2.37. The second-order valence-corrected chi connectivity index (χ2v) is 6.23. The molecule has 0 amide bonds. The van der Waals surface area contributed by atoms with Crippen molar-refractivity contribution in [2.24, 2.45) is 5.41 Å². The van der Waals surface area contributed by atoms with Gasteiger partial charge in [-0.2, -0.15) is 5.10 Å². The number of nitrogens with zero attached hydrogens (tertiary/aromatic N) is 3. The van der Waals surface area contributed by atoms with Crippen LogP contribution in [0.3, 0.4) is 0 Å². The maximum atomic E-state index is 10.9. The Morgan fingerprint density at radius 3 is 2.86 bits per heavy atom. The molecule has 0 aromatic carbocycles. The molecule has 116 valence electrons. The van der Waals surface area contributed by atoms with Crippen LogP contribution in [0.2, 0.25) is 5.15 Å². The topological polar surface area (TPSA) is 77.2 Å². The molecule has 1 aliphatic rings. The minimum absolute atomic E-state index is 0.0289. The van der Waals surface area contributed by atoms with Crippen molar-refractivity contribution in [3.63, 3.8) is 0 Å². The average Bonchev–Trinajstić information content (AvgIpc) is 3.01. The van der Waals surface area contributed by atoms with Gasteiger partial charge in [-0.1, -0.05) is 18.5 Å². The summed E-state index contributed by atoms with van der Waals surface area (Å²) in [4.78, 5) is 15.0. The molecule has 3 rings (SSSR count). The van der Waals surface area contributed by atoms with Crippen LogP contribution < -0.4 is 0 Å². The molecule has 2 aromatic heterocycles. The Hall–Kier alpha value is -1.92. The molecule has 2 heterocycles. The van der Waals surface area contributed by atoms with E-state index in [9.17, 15) is 4.79 Å². The van der Waals surface area contributed by atoms with Crippen molar-refractivity contribution < 1.29 is 14.6 Å². The van der Waals surface area contributed by atoms with Crippen LogP contribution in [-0.4, -0.2) is 32.4 Å². The molecular formula is C15H16ClN3O3. The summed E-state index contributed by atoms with van der Waals surface area (Å²) in [6.07, 6.45) is 4.19. The lowest BCUT2D eigenvalue weighted by atomic mass is 10.2. The quantitative estimate of drug-likeness (QED) is 0.828. The van der Waals surface area contributed by atoms with Crippen molar-refractivity contribution in [2.45, 2.75) is 26.4 Å². The van der Waals surface area contributed by atoms with E-state index in [2.05, 4.69) is 17.0 Å². The Labute approximate surface area is 132 Å². The molecule has 6 nitrogen and oxygen atoms in total. The van der Waals surface area contributed by atoms with Crippen LogP contribution in [0.5, 0.6) is 0 Å². The molecule has 1 fully saturated rings. The van der Waals surface area contributed by atoms with Gasteiger partial charge in [0.25, 0.3) is 0 Å². The number of halogens is 1. The van der Waals surface area contributed by atoms with Crippen LogP contribution in [0.4, 0.5) is 0 Å². The Kier molecular flexibility index (Phi) is 3.88. The van der Waals surface area contributed by atoms with E-state index in [1.165, 1.54) is 18.9 Å². The van der Waals surface area contributed by atoms with Gasteiger partial charge in [0, 0.05) is 6.20 Å². The summed E-state index contributed by atoms with van der Waals surface area (Å²) in [6.45, 7) is 3.41. The van der Waals surface area contributed by atoms with Crippen LogP contribution in [0, 0.1) is 5.41 Å². The highest BCUT2D eigenvalue weighted by Crippen LogP contribution is 2.45. The summed E-state index contributed by atoms with van der Waals surface area (Å²) in [5.74, 6) is -0.637. The molecule has 22 heavy (non-hydrogen) atoms. The molecule has 1 aliphatic carbocycles. The van der Waals surface area contributed by atoms with E-state index in [4.69, 9.17) is 21.4 Å². The van der Waals surface area contributed by atoms with Gasteiger partial charge in [0.15, 0.2) is 5.82 Å². The standard InChI is InChI=1S/C15H16ClN3O3/c1-15(5-6-15)9-22-8-10-4-7-19(18-10)12-3-2-11(14(20)21)13(16)17-12/h2-4,7H,5-6,8-9H2,1H3,(H,20,21). The summed E-state index contributed by atoms with van der Waals surface area (Å²) in [6, 6.07) is 4.83. The minimum atomic E-state index is -1.10. The summed E-state index contributed by atoms with van der Waals surface area (Å²) in [5.41, 5.74) is 1.12. The summed E-state index contributed by atoms with van der Waals surface area (Å²) in [7, 11) is 0. The van der Waals surface area contributed by atoms with Crippen LogP contribution >= 0.6 is 11.6 Å². The van der Waals surface area contributed by atoms with Gasteiger partial charge in [0.05, 0.1) is 24.5 Å². The first kappa shape index (κ1) is 15.0. The van der Waals surface area contributed by atoms with Gasteiger partial charge in [0.1, 0.15) is 5.15 Å². The highest BCUT2D eigenvalue weighted by molar-refractivity contribution is 6.32. The van der Waals surface area contributed by atoms with Crippen LogP contribution in [-0.2, 0) is 11.3 Å². The first-order valence-corrected chi connectivity index (χ1v) is 7.37. The zero-order valence-electron chi connectivity index (χ0n) is 12.1. The molecule has 2 aromatic rings. The third kappa shape index (κ3) is 3.28. The largest absolute Gasteiger partial charge is 0.478 e. The average molecular weight is 322 g/mol. The molecule has 0 unspecified atom stereocenters. The number of hydrogen-bond acceptors (Lipinski definition) is 4. The Bertz CT molecular complexity index is 710. The molecule has 0 saturated heterocycles. The van der Waals surface area contributed by atoms with Crippen molar-refractivity contribution in [3.05, 3.63) is 40.8 Å². The van der Waals surface area contributed by atoms with Crippen molar-refractivity contribution in [1.82, 2.24) is 14.8 Å². The number of aromatic carboxylic acids is 1. The lowest BCUT2D eigenvalue weighted by molar-refractivity contribution is 0.0696. The van der Waals surface area contributed by atoms with Gasteiger partial charge in [0.2, 0.25) is 0 Å². The Balaban J connectivity index is 1.67.